The van der Waals surface area contributed by atoms with E-state index in [-0.39, 0.29) is 12.1 Å². The van der Waals surface area contributed by atoms with Crippen molar-refractivity contribution in [1.29, 1.82) is 0 Å². The third-order valence-electron chi connectivity index (χ3n) is 2.64. The standard InChI is InChI=1S/C10H16N4O2S/c1-2-16-8-4-3-5-14(6-8)10(15)12-9-13-11-7-17-9/h7-8H,2-6H2,1H3,(H,12,13,15). The number of urea groups is 1. The van der Waals surface area contributed by atoms with Gasteiger partial charge < -0.3 is 9.64 Å². The number of rotatable bonds is 3. The highest BCUT2D eigenvalue weighted by Crippen LogP contribution is 2.15. The van der Waals surface area contributed by atoms with Crippen LogP contribution in [0.5, 0.6) is 0 Å². The fourth-order valence-corrected chi connectivity index (χ4v) is 2.33. The Hall–Kier alpha value is -1.21. The average Bonchev–Trinajstić information content (AvgIpc) is 2.83. The molecule has 1 fully saturated rings. The van der Waals surface area contributed by atoms with Gasteiger partial charge in [-0.1, -0.05) is 11.3 Å². The highest BCUT2D eigenvalue weighted by Gasteiger charge is 2.24. The molecule has 0 spiro atoms. The lowest BCUT2D eigenvalue weighted by Gasteiger charge is -2.32. The van der Waals surface area contributed by atoms with E-state index in [1.807, 2.05) is 6.92 Å². The first-order valence-corrected chi connectivity index (χ1v) is 6.61. The molecule has 0 aliphatic carbocycles. The van der Waals surface area contributed by atoms with Crippen molar-refractivity contribution in [2.24, 2.45) is 0 Å². The van der Waals surface area contributed by atoms with Gasteiger partial charge >= 0.3 is 6.03 Å². The number of aromatic nitrogens is 2. The van der Waals surface area contributed by atoms with E-state index in [0.717, 1.165) is 19.4 Å². The van der Waals surface area contributed by atoms with Crippen molar-refractivity contribution in [1.82, 2.24) is 15.1 Å². The predicted octanol–water partition coefficient (Wildman–Crippen LogP) is 1.57. The van der Waals surface area contributed by atoms with Crippen molar-refractivity contribution in [2.45, 2.75) is 25.9 Å². The Morgan fingerprint density at radius 3 is 3.35 bits per heavy atom. The van der Waals surface area contributed by atoms with Crippen LogP contribution in [0.1, 0.15) is 19.8 Å². The van der Waals surface area contributed by atoms with Crippen LogP contribution in [0.4, 0.5) is 9.93 Å². The van der Waals surface area contributed by atoms with Gasteiger partial charge in [0.05, 0.1) is 6.10 Å². The predicted molar refractivity (Wildman–Crippen MR) is 65.1 cm³/mol. The van der Waals surface area contributed by atoms with Crippen LogP contribution in [0.2, 0.25) is 0 Å². The summed E-state index contributed by atoms with van der Waals surface area (Å²) in [4.78, 5) is 13.7. The van der Waals surface area contributed by atoms with Crippen molar-refractivity contribution < 1.29 is 9.53 Å². The van der Waals surface area contributed by atoms with Crippen LogP contribution in [0.25, 0.3) is 0 Å². The Labute approximate surface area is 104 Å². The molecule has 1 N–H and O–H groups in total. The number of carbonyl (C=O) groups excluding carboxylic acids is 1. The van der Waals surface area contributed by atoms with E-state index < -0.39 is 0 Å². The minimum Gasteiger partial charge on any atom is -0.377 e. The van der Waals surface area contributed by atoms with Gasteiger partial charge in [-0.15, -0.1) is 10.2 Å². The van der Waals surface area contributed by atoms with Gasteiger partial charge in [-0.05, 0) is 19.8 Å². The van der Waals surface area contributed by atoms with E-state index in [9.17, 15) is 4.79 Å². The second-order valence-electron chi connectivity index (χ2n) is 3.84. The molecule has 94 valence electrons. The second kappa shape index (κ2) is 5.92. The van der Waals surface area contributed by atoms with Gasteiger partial charge in [-0.3, -0.25) is 5.32 Å². The van der Waals surface area contributed by atoms with Crippen molar-refractivity contribution in [2.75, 3.05) is 25.0 Å². The maximum absolute atomic E-state index is 11.9. The lowest BCUT2D eigenvalue weighted by atomic mass is 10.1. The Morgan fingerprint density at radius 1 is 1.76 bits per heavy atom. The molecule has 7 heteroatoms. The van der Waals surface area contributed by atoms with Gasteiger partial charge in [0.2, 0.25) is 5.13 Å². The van der Waals surface area contributed by atoms with Crippen LogP contribution in [0.3, 0.4) is 0 Å². The van der Waals surface area contributed by atoms with Gasteiger partial charge in [0, 0.05) is 19.7 Å². The second-order valence-corrected chi connectivity index (χ2v) is 4.67. The smallest absolute Gasteiger partial charge is 0.323 e. The van der Waals surface area contributed by atoms with Gasteiger partial charge in [-0.25, -0.2) is 4.79 Å². The molecule has 0 saturated carbocycles. The summed E-state index contributed by atoms with van der Waals surface area (Å²) in [6.45, 7) is 4.09. The molecule has 1 unspecified atom stereocenters. The quantitative estimate of drug-likeness (QED) is 0.891. The monoisotopic (exact) mass is 256 g/mol. The average molecular weight is 256 g/mol. The molecule has 17 heavy (non-hydrogen) atoms. The molecule has 6 nitrogen and oxygen atoms in total. The summed E-state index contributed by atoms with van der Waals surface area (Å²) in [5.41, 5.74) is 1.59. The van der Waals surface area contributed by atoms with Crippen LogP contribution >= 0.6 is 11.3 Å². The molecule has 0 aromatic carbocycles. The van der Waals surface area contributed by atoms with Crippen molar-refractivity contribution in [3.63, 3.8) is 0 Å². The number of amides is 2. The summed E-state index contributed by atoms with van der Waals surface area (Å²) < 4.78 is 5.55. The number of ether oxygens (including phenoxy) is 1. The summed E-state index contributed by atoms with van der Waals surface area (Å²) in [6, 6.07) is -0.119. The maximum atomic E-state index is 11.9. The Morgan fingerprint density at radius 2 is 2.65 bits per heavy atom. The Bertz CT molecular complexity index is 355. The molecule has 0 radical (unpaired) electrons. The molecule has 1 aromatic heterocycles. The zero-order valence-corrected chi connectivity index (χ0v) is 10.6. The molecule has 1 atom stereocenters. The van der Waals surface area contributed by atoms with Crippen LogP contribution in [0.15, 0.2) is 5.51 Å². The normalized spacial score (nSPS) is 20.3. The summed E-state index contributed by atoms with van der Waals surface area (Å²) in [7, 11) is 0. The Balaban J connectivity index is 1.86. The molecule has 2 heterocycles. The zero-order valence-electron chi connectivity index (χ0n) is 9.76. The zero-order chi connectivity index (χ0) is 12.1. The summed E-state index contributed by atoms with van der Waals surface area (Å²) in [5.74, 6) is 0. The van der Waals surface area contributed by atoms with Crippen molar-refractivity contribution in [3.8, 4) is 0 Å². The number of carbonyl (C=O) groups is 1. The first-order chi connectivity index (χ1) is 8.29. The first kappa shape index (κ1) is 12.3. The fraction of sp³-hybridized carbons (Fsp3) is 0.700. The number of nitrogens with one attached hydrogen (secondary N) is 1. The Kier molecular flexibility index (Phi) is 4.27. The molecule has 1 saturated heterocycles. The molecule has 1 aliphatic rings. The first-order valence-electron chi connectivity index (χ1n) is 5.73. The van der Waals surface area contributed by atoms with Gasteiger partial charge in [-0.2, -0.15) is 0 Å². The number of hydrogen-bond donors (Lipinski definition) is 1. The lowest BCUT2D eigenvalue weighted by molar-refractivity contribution is 0.0181. The maximum Gasteiger partial charge on any atom is 0.323 e. The van der Waals surface area contributed by atoms with E-state index in [4.69, 9.17) is 4.74 Å². The van der Waals surface area contributed by atoms with E-state index in [0.29, 0.717) is 18.3 Å². The van der Waals surface area contributed by atoms with Crippen molar-refractivity contribution in [3.05, 3.63) is 5.51 Å². The van der Waals surface area contributed by atoms with E-state index in [1.54, 1.807) is 10.4 Å². The minimum absolute atomic E-state index is 0.119. The number of hydrogen-bond acceptors (Lipinski definition) is 5. The number of anilines is 1. The molecular formula is C10H16N4O2S. The molecule has 0 bridgehead atoms. The van der Waals surface area contributed by atoms with Crippen LogP contribution < -0.4 is 5.32 Å². The molecule has 1 aliphatic heterocycles. The lowest BCUT2D eigenvalue weighted by Crippen LogP contribution is -2.45. The molecule has 2 rings (SSSR count). The van der Waals surface area contributed by atoms with E-state index >= 15 is 0 Å². The summed E-state index contributed by atoms with van der Waals surface area (Å²) in [5, 5.41) is 10.7. The topological polar surface area (TPSA) is 67.3 Å². The number of nitrogens with zero attached hydrogens (tertiary/aromatic N) is 3. The SMILES string of the molecule is CCOC1CCCN(C(=O)Nc2nncs2)C1. The van der Waals surface area contributed by atoms with Crippen molar-refractivity contribution >= 4 is 22.5 Å². The minimum atomic E-state index is -0.119. The number of piperidine rings is 1. The summed E-state index contributed by atoms with van der Waals surface area (Å²) >= 11 is 1.31. The van der Waals surface area contributed by atoms with Crippen LogP contribution in [0, 0.1) is 0 Å². The summed E-state index contributed by atoms with van der Waals surface area (Å²) in [6.07, 6.45) is 2.17. The third kappa shape index (κ3) is 3.37. The largest absolute Gasteiger partial charge is 0.377 e. The molecular weight excluding hydrogens is 240 g/mol. The van der Waals surface area contributed by atoms with Gasteiger partial charge in [0.1, 0.15) is 5.51 Å². The van der Waals surface area contributed by atoms with Gasteiger partial charge in [0.25, 0.3) is 0 Å². The number of likely N-dealkylation sites (tertiary alicyclic amines) is 1. The van der Waals surface area contributed by atoms with E-state index in [2.05, 4.69) is 15.5 Å². The fourth-order valence-electron chi connectivity index (χ4n) is 1.89. The van der Waals surface area contributed by atoms with Gasteiger partial charge in [0.15, 0.2) is 0 Å². The highest BCUT2D eigenvalue weighted by atomic mass is 32.1. The highest BCUT2D eigenvalue weighted by molar-refractivity contribution is 7.13. The van der Waals surface area contributed by atoms with E-state index in [1.165, 1.54) is 11.3 Å². The third-order valence-corrected chi connectivity index (χ3v) is 3.25. The molecule has 2 amide bonds. The molecule has 1 aromatic rings. The van der Waals surface area contributed by atoms with Crippen LogP contribution in [-0.4, -0.2) is 46.9 Å². The van der Waals surface area contributed by atoms with Crippen LogP contribution in [-0.2, 0) is 4.74 Å².